The number of aromatic nitrogens is 3. The summed E-state index contributed by atoms with van der Waals surface area (Å²) in [6.07, 6.45) is 4.76. The Kier molecular flexibility index (Phi) is 4.31. The molecule has 5 nitrogen and oxygen atoms in total. The van der Waals surface area contributed by atoms with Crippen LogP contribution in [0.4, 0.5) is 0 Å². The predicted molar refractivity (Wildman–Crippen MR) is 80.8 cm³/mol. The van der Waals surface area contributed by atoms with Crippen molar-refractivity contribution in [2.24, 2.45) is 7.05 Å². The minimum atomic E-state index is 0.253. The van der Waals surface area contributed by atoms with Crippen LogP contribution >= 0.6 is 0 Å². The molecule has 0 N–H and O–H groups in total. The van der Waals surface area contributed by atoms with Crippen molar-refractivity contribution in [2.75, 3.05) is 19.8 Å². The molecule has 112 valence electrons. The highest BCUT2D eigenvalue weighted by Gasteiger charge is 2.30. The third-order valence-corrected chi connectivity index (χ3v) is 4.03. The van der Waals surface area contributed by atoms with E-state index in [2.05, 4.69) is 32.5 Å². The molecule has 0 saturated carbocycles. The zero-order chi connectivity index (χ0) is 14.7. The minimum Gasteiger partial charge on any atom is -0.380 e. The first-order valence-corrected chi connectivity index (χ1v) is 7.51. The zero-order valence-electron chi connectivity index (χ0n) is 12.7. The number of nitrogens with zero attached hydrogens (tertiary/aromatic N) is 4. The second-order valence-corrected chi connectivity index (χ2v) is 5.40. The van der Waals surface area contributed by atoms with Gasteiger partial charge in [-0.25, -0.2) is 4.98 Å². The number of imidazole rings is 1. The molecule has 3 rings (SSSR count). The Bertz CT molecular complexity index is 581. The predicted octanol–water partition coefficient (Wildman–Crippen LogP) is 1.95. The van der Waals surface area contributed by atoms with Crippen molar-refractivity contribution >= 4 is 0 Å². The third kappa shape index (κ3) is 2.99. The van der Waals surface area contributed by atoms with Crippen LogP contribution in [0.2, 0.25) is 0 Å². The topological polar surface area (TPSA) is 43.2 Å². The summed E-state index contributed by atoms with van der Waals surface area (Å²) in [5.74, 6) is 0. The summed E-state index contributed by atoms with van der Waals surface area (Å²) >= 11 is 0. The number of hydrogen-bond acceptors (Lipinski definition) is 4. The standard InChI is InChI=1S/C16H22N4O/c1-3-21-11-15-16-14(18-12-19(16)2)7-9-20(15)10-13-6-4-5-8-17-13/h4-6,8,12,15H,3,7,9-11H2,1-2H3. The molecular weight excluding hydrogens is 264 g/mol. The maximum absolute atomic E-state index is 5.72. The normalized spacial score (nSPS) is 18.7. The van der Waals surface area contributed by atoms with E-state index < -0.39 is 0 Å². The number of rotatable bonds is 5. The van der Waals surface area contributed by atoms with Crippen LogP contribution in [0.15, 0.2) is 30.7 Å². The van der Waals surface area contributed by atoms with Gasteiger partial charge in [0.05, 0.1) is 36.1 Å². The fourth-order valence-electron chi connectivity index (χ4n) is 2.99. The largest absolute Gasteiger partial charge is 0.380 e. The van der Waals surface area contributed by atoms with Gasteiger partial charge in [-0.15, -0.1) is 0 Å². The van der Waals surface area contributed by atoms with E-state index in [1.165, 1.54) is 11.4 Å². The van der Waals surface area contributed by atoms with Crippen LogP contribution in [-0.2, 0) is 24.8 Å². The van der Waals surface area contributed by atoms with E-state index in [1.54, 1.807) is 0 Å². The number of aryl methyl sites for hydroxylation is 1. The second-order valence-electron chi connectivity index (χ2n) is 5.40. The highest BCUT2D eigenvalue weighted by molar-refractivity contribution is 5.22. The highest BCUT2D eigenvalue weighted by Crippen LogP contribution is 2.30. The van der Waals surface area contributed by atoms with E-state index in [1.807, 2.05) is 31.6 Å². The molecule has 0 fully saturated rings. The molecule has 1 aliphatic rings. The van der Waals surface area contributed by atoms with Gasteiger partial charge in [0.1, 0.15) is 0 Å². The smallest absolute Gasteiger partial charge is 0.0949 e. The van der Waals surface area contributed by atoms with Gasteiger partial charge in [-0.05, 0) is 19.1 Å². The molecular formula is C16H22N4O. The van der Waals surface area contributed by atoms with E-state index >= 15 is 0 Å². The van der Waals surface area contributed by atoms with Crippen molar-refractivity contribution in [3.8, 4) is 0 Å². The maximum Gasteiger partial charge on any atom is 0.0949 e. The average molecular weight is 286 g/mol. The summed E-state index contributed by atoms with van der Waals surface area (Å²) in [6, 6.07) is 6.33. The van der Waals surface area contributed by atoms with Crippen LogP contribution in [0.25, 0.3) is 0 Å². The summed E-state index contributed by atoms with van der Waals surface area (Å²) in [4.78, 5) is 11.4. The summed E-state index contributed by atoms with van der Waals surface area (Å²) < 4.78 is 7.85. The Hall–Kier alpha value is -1.72. The van der Waals surface area contributed by atoms with E-state index in [0.717, 1.165) is 31.8 Å². The van der Waals surface area contributed by atoms with Crippen LogP contribution < -0.4 is 0 Å². The fourth-order valence-corrected chi connectivity index (χ4v) is 2.99. The molecule has 1 aliphatic heterocycles. The number of pyridine rings is 1. The van der Waals surface area contributed by atoms with Crippen molar-refractivity contribution < 1.29 is 4.74 Å². The molecule has 2 aromatic rings. The van der Waals surface area contributed by atoms with E-state index in [4.69, 9.17) is 4.74 Å². The first-order chi connectivity index (χ1) is 10.3. The second kappa shape index (κ2) is 6.37. The third-order valence-electron chi connectivity index (χ3n) is 4.03. The molecule has 1 unspecified atom stereocenters. The van der Waals surface area contributed by atoms with E-state index in [-0.39, 0.29) is 6.04 Å². The van der Waals surface area contributed by atoms with Gasteiger partial charge in [0.2, 0.25) is 0 Å². The SMILES string of the molecule is CCOCC1c2c(ncn2C)CCN1Cc1ccccn1. The summed E-state index contributed by atoms with van der Waals surface area (Å²) in [5.41, 5.74) is 3.59. The molecule has 0 amide bonds. The van der Waals surface area contributed by atoms with Gasteiger partial charge in [-0.1, -0.05) is 6.07 Å². The fraction of sp³-hybridized carbons (Fsp3) is 0.500. The molecule has 0 radical (unpaired) electrons. The van der Waals surface area contributed by atoms with Gasteiger partial charge < -0.3 is 9.30 Å². The van der Waals surface area contributed by atoms with Crippen molar-refractivity contribution in [1.82, 2.24) is 19.4 Å². The van der Waals surface area contributed by atoms with Crippen molar-refractivity contribution in [1.29, 1.82) is 0 Å². The van der Waals surface area contributed by atoms with Gasteiger partial charge >= 0.3 is 0 Å². The van der Waals surface area contributed by atoms with Crippen LogP contribution in [0.1, 0.15) is 30.0 Å². The van der Waals surface area contributed by atoms with Crippen molar-refractivity contribution in [3.63, 3.8) is 0 Å². The summed E-state index contributed by atoms with van der Waals surface area (Å²) in [6.45, 7) is 5.33. The summed E-state index contributed by atoms with van der Waals surface area (Å²) in [7, 11) is 2.06. The first-order valence-electron chi connectivity index (χ1n) is 7.51. The molecule has 0 bridgehead atoms. The van der Waals surface area contributed by atoms with Gasteiger partial charge in [-0.3, -0.25) is 9.88 Å². The Morgan fingerprint density at radius 2 is 2.24 bits per heavy atom. The molecule has 1 atom stereocenters. The molecule has 21 heavy (non-hydrogen) atoms. The monoisotopic (exact) mass is 286 g/mol. The first kappa shape index (κ1) is 14.2. The number of fused-ring (bicyclic) bond motifs is 1. The highest BCUT2D eigenvalue weighted by atomic mass is 16.5. The molecule has 2 aromatic heterocycles. The van der Waals surface area contributed by atoms with E-state index in [0.29, 0.717) is 6.61 Å². The quantitative estimate of drug-likeness (QED) is 0.842. The van der Waals surface area contributed by atoms with Crippen molar-refractivity contribution in [3.05, 3.63) is 47.8 Å². The van der Waals surface area contributed by atoms with Crippen molar-refractivity contribution in [2.45, 2.75) is 25.9 Å². The lowest BCUT2D eigenvalue weighted by atomic mass is 10.0. The van der Waals surface area contributed by atoms with E-state index in [9.17, 15) is 0 Å². The minimum absolute atomic E-state index is 0.253. The molecule has 0 aromatic carbocycles. The van der Waals surface area contributed by atoms with Gasteiger partial charge in [0, 0.05) is 39.4 Å². The number of ether oxygens (including phenoxy) is 1. The van der Waals surface area contributed by atoms with Gasteiger partial charge in [0.15, 0.2) is 0 Å². The molecule has 0 saturated heterocycles. The lowest BCUT2D eigenvalue weighted by Gasteiger charge is -2.35. The Labute approximate surface area is 125 Å². The Morgan fingerprint density at radius 1 is 1.33 bits per heavy atom. The van der Waals surface area contributed by atoms with Crippen LogP contribution in [-0.4, -0.2) is 39.2 Å². The molecule has 0 spiro atoms. The number of hydrogen-bond donors (Lipinski definition) is 0. The van der Waals surface area contributed by atoms with Crippen LogP contribution in [0.5, 0.6) is 0 Å². The van der Waals surface area contributed by atoms with Gasteiger partial charge in [0.25, 0.3) is 0 Å². The van der Waals surface area contributed by atoms with Crippen LogP contribution in [0, 0.1) is 0 Å². The summed E-state index contributed by atoms with van der Waals surface area (Å²) in [5, 5.41) is 0. The average Bonchev–Trinajstić information content (AvgIpc) is 2.89. The zero-order valence-corrected chi connectivity index (χ0v) is 12.7. The molecule has 5 heteroatoms. The lowest BCUT2D eigenvalue weighted by molar-refractivity contribution is 0.0513. The lowest BCUT2D eigenvalue weighted by Crippen LogP contribution is -2.38. The van der Waals surface area contributed by atoms with Gasteiger partial charge in [-0.2, -0.15) is 0 Å². The maximum atomic E-state index is 5.72. The Balaban J connectivity index is 1.84. The molecule has 0 aliphatic carbocycles. The Morgan fingerprint density at radius 3 is 3.00 bits per heavy atom. The molecule has 3 heterocycles. The van der Waals surface area contributed by atoms with Crippen LogP contribution in [0.3, 0.4) is 0 Å².